The van der Waals surface area contributed by atoms with Crippen LogP contribution in [0.5, 0.6) is 0 Å². The molecule has 0 radical (unpaired) electrons. The van der Waals surface area contributed by atoms with Crippen LogP contribution >= 0.6 is 0 Å². The summed E-state index contributed by atoms with van der Waals surface area (Å²) in [7, 11) is -1.61. The zero-order chi connectivity index (χ0) is 13.6. The first-order chi connectivity index (χ1) is 8.50. The maximum absolute atomic E-state index is 6.55. The van der Waals surface area contributed by atoms with E-state index in [1.54, 1.807) is 0 Å². The summed E-state index contributed by atoms with van der Waals surface area (Å²) in [5, 5.41) is 1.49. The van der Waals surface area contributed by atoms with Crippen LogP contribution in [-0.4, -0.2) is 13.7 Å². The number of nitrogens with two attached hydrogens (primary N) is 1. The van der Waals surface area contributed by atoms with Crippen LogP contribution in [0.1, 0.15) is 26.7 Å². The second-order valence-corrected chi connectivity index (χ2v) is 10.5. The SMILES string of the molecule is C=CCC[Si](C)(c1ccccc1)C(N)CC(C)C. The quantitative estimate of drug-likeness (QED) is 0.590. The van der Waals surface area contributed by atoms with Gasteiger partial charge < -0.3 is 5.73 Å². The summed E-state index contributed by atoms with van der Waals surface area (Å²) in [4.78, 5) is 0. The number of rotatable bonds is 7. The standard InChI is InChI=1S/C16H27NSi/c1-5-6-12-18(4,16(17)13-14(2)3)15-10-8-7-9-11-15/h5,7-11,14,16H,1,6,12-13,17H2,2-4H3. The van der Waals surface area contributed by atoms with Gasteiger partial charge in [0.1, 0.15) is 8.07 Å². The molecule has 1 aromatic carbocycles. The summed E-state index contributed by atoms with van der Waals surface area (Å²) < 4.78 is 0. The molecule has 0 fully saturated rings. The maximum atomic E-state index is 6.55. The highest BCUT2D eigenvalue weighted by molar-refractivity contribution is 6.92. The van der Waals surface area contributed by atoms with E-state index in [1.165, 1.54) is 11.2 Å². The van der Waals surface area contributed by atoms with E-state index in [1.807, 2.05) is 6.08 Å². The lowest BCUT2D eigenvalue weighted by Gasteiger charge is -2.35. The van der Waals surface area contributed by atoms with E-state index in [0.717, 1.165) is 12.8 Å². The van der Waals surface area contributed by atoms with Crippen molar-refractivity contribution in [2.24, 2.45) is 11.7 Å². The molecule has 0 aromatic heterocycles. The van der Waals surface area contributed by atoms with Crippen molar-refractivity contribution in [3.63, 3.8) is 0 Å². The van der Waals surface area contributed by atoms with Crippen molar-refractivity contribution in [1.29, 1.82) is 0 Å². The second kappa shape index (κ2) is 6.91. The summed E-state index contributed by atoms with van der Waals surface area (Å²) >= 11 is 0. The van der Waals surface area contributed by atoms with Gasteiger partial charge in [-0.05, 0) is 24.8 Å². The Balaban J connectivity index is 2.97. The van der Waals surface area contributed by atoms with Crippen LogP contribution < -0.4 is 10.9 Å². The molecule has 0 aliphatic rings. The summed E-state index contributed by atoms with van der Waals surface area (Å²) in [6, 6.07) is 12.1. The van der Waals surface area contributed by atoms with Crippen molar-refractivity contribution in [2.45, 2.75) is 44.9 Å². The van der Waals surface area contributed by atoms with Crippen LogP contribution in [0.4, 0.5) is 0 Å². The van der Waals surface area contributed by atoms with Crippen LogP contribution in [0.25, 0.3) is 0 Å². The van der Waals surface area contributed by atoms with Crippen molar-refractivity contribution in [1.82, 2.24) is 0 Å². The highest BCUT2D eigenvalue weighted by Crippen LogP contribution is 2.21. The normalized spacial score (nSPS) is 16.3. The average Bonchev–Trinajstić information content (AvgIpc) is 2.36. The van der Waals surface area contributed by atoms with Crippen molar-refractivity contribution >= 4 is 13.3 Å². The molecule has 0 bridgehead atoms. The van der Waals surface area contributed by atoms with Gasteiger partial charge in [-0.1, -0.05) is 62.0 Å². The van der Waals surface area contributed by atoms with Gasteiger partial charge in [0.05, 0.1) is 0 Å². The van der Waals surface area contributed by atoms with Gasteiger partial charge in [0.2, 0.25) is 0 Å². The molecule has 2 atom stereocenters. The first-order valence-corrected chi connectivity index (χ1v) is 9.71. The molecule has 1 nitrogen and oxygen atoms in total. The summed E-state index contributed by atoms with van der Waals surface area (Å²) in [6.45, 7) is 10.8. The molecule has 1 rings (SSSR count). The third-order valence-electron chi connectivity index (χ3n) is 3.84. The molecular formula is C16H27NSi. The van der Waals surface area contributed by atoms with E-state index in [2.05, 4.69) is 57.3 Å². The first-order valence-electron chi connectivity index (χ1n) is 6.92. The van der Waals surface area contributed by atoms with E-state index >= 15 is 0 Å². The first kappa shape index (κ1) is 15.2. The average molecular weight is 261 g/mol. The highest BCUT2D eigenvalue weighted by Gasteiger charge is 2.35. The van der Waals surface area contributed by atoms with Gasteiger partial charge >= 0.3 is 0 Å². The monoisotopic (exact) mass is 261 g/mol. The van der Waals surface area contributed by atoms with Crippen LogP contribution in [-0.2, 0) is 0 Å². The molecule has 0 saturated carbocycles. The summed E-state index contributed by atoms with van der Waals surface area (Å²) in [5.74, 6) is 0.666. The van der Waals surface area contributed by atoms with Gasteiger partial charge in [0, 0.05) is 5.67 Å². The third-order valence-corrected chi connectivity index (χ3v) is 8.70. The van der Waals surface area contributed by atoms with Crippen LogP contribution in [0, 0.1) is 5.92 Å². The number of benzene rings is 1. The predicted octanol–water partition coefficient (Wildman–Crippen LogP) is 3.46. The number of hydrogen-bond donors (Lipinski definition) is 1. The summed E-state index contributed by atoms with van der Waals surface area (Å²) in [6.07, 6.45) is 4.22. The van der Waals surface area contributed by atoms with E-state index in [9.17, 15) is 0 Å². The zero-order valence-electron chi connectivity index (χ0n) is 12.0. The van der Waals surface area contributed by atoms with E-state index < -0.39 is 8.07 Å². The minimum atomic E-state index is -1.61. The van der Waals surface area contributed by atoms with Crippen LogP contribution in [0.2, 0.25) is 12.6 Å². The van der Waals surface area contributed by atoms with Gasteiger partial charge in [-0.3, -0.25) is 0 Å². The van der Waals surface area contributed by atoms with Gasteiger partial charge in [0.25, 0.3) is 0 Å². The lowest BCUT2D eigenvalue weighted by Crippen LogP contribution is -2.59. The Labute approximate surface area is 113 Å². The van der Waals surface area contributed by atoms with E-state index in [-0.39, 0.29) is 0 Å². The van der Waals surface area contributed by atoms with E-state index in [4.69, 9.17) is 5.73 Å². The molecule has 0 aliphatic carbocycles. The number of hydrogen-bond acceptors (Lipinski definition) is 1. The molecule has 1 aromatic rings. The molecule has 2 N–H and O–H groups in total. The fourth-order valence-electron chi connectivity index (χ4n) is 2.53. The molecule has 2 unspecified atom stereocenters. The molecule has 0 saturated heterocycles. The Bertz CT molecular complexity index is 361. The fraction of sp³-hybridized carbons (Fsp3) is 0.500. The molecule has 0 spiro atoms. The maximum Gasteiger partial charge on any atom is 0.101 e. The van der Waals surface area contributed by atoms with Crippen molar-refractivity contribution < 1.29 is 0 Å². The highest BCUT2D eigenvalue weighted by atomic mass is 28.3. The van der Waals surface area contributed by atoms with Crippen molar-refractivity contribution in [3.05, 3.63) is 43.0 Å². The Morgan fingerprint density at radius 1 is 1.28 bits per heavy atom. The largest absolute Gasteiger partial charge is 0.330 e. The Kier molecular flexibility index (Phi) is 5.83. The molecule has 0 heterocycles. The van der Waals surface area contributed by atoms with Gasteiger partial charge in [-0.2, -0.15) is 0 Å². The summed E-state index contributed by atoms with van der Waals surface area (Å²) in [5.41, 5.74) is 6.89. The van der Waals surface area contributed by atoms with Crippen LogP contribution in [0.15, 0.2) is 43.0 Å². The molecule has 18 heavy (non-hydrogen) atoms. The smallest absolute Gasteiger partial charge is 0.101 e. The Morgan fingerprint density at radius 2 is 1.89 bits per heavy atom. The minimum Gasteiger partial charge on any atom is -0.330 e. The van der Waals surface area contributed by atoms with E-state index in [0.29, 0.717) is 11.6 Å². The van der Waals surface area contributed by atoms with Crippen molar-refractivity contribution in [2.75, 3.05) is 0 Å². The fourth-order valence-corrected chi connectivity index (χ4v) is 6.37. The van der Waals surface area contributed by atoms with Crippen LogP contribution in [0.3, 0.4) is 0 Å². The molecule has 0 aliphatic heterocycles. The predicted molar refractivity (Wildman–Crippen MR) is 84.7 cm³/mol. The lowest BCUT2D eigenvalue weighted by molar-refractivity contribution is 0.560. The lowest BCUT2D eigenvalue weighted by atomic mass is 10.1. The topological polar surface area (TPSA) is 26.0 Å². The molecule has 0 amide bonds. The third kappa shape index (κ3) is 3.82. The second-order valence-electron chi connectivity index (χ2n) is 5.85. The van der Waals surface area contributed by atoms with Gasteiger partial charge in [-0.25, -0.2) is 0 Å². The Hall–Kier alpha value is -0.863. The Morgan fingerprint density at radius 3 is 2.39 bits per heavy atom. The number of allylic oxidation sites excluding steroid dienone is 1. The minimum absolute atomic E-state index is 0.333. The zero-order valence-corrected chi connectivity index (χ0v) is 13.0. The van der Waals surface area contributed by atoms with Gasteiger partial charge in [-0.15, -0.1) is 6.58 Å². The van der Waals surface area contributed by atoms with Gasteiger partial charge in [0.15, 0.2) is 0 Å². The molecule has 100 valence electrons. The molecule has 2 heteroatoms. The van der Waals surface area contributed by atoms with Crippen molar-refractivity contribution in [3.8, 4) is 0 Å². The molecular weight excluding hydrogens is 234 g/mol.